The summed E-state index contributed by atoms with van der Waals surface area (Å²) in [6, 6.07) is 1.11. The van der Waals surface area contributed by atoms with E-state index in [-0.39, 0.29) is 11.7 Å². The fraction of sp³-hybridized carbons (Fsp3) is 0.500. The Bertz CT molecular complexity index is 406. The number of aromatic nitrogens is 1. The molecule has 2 amide bonds. The van der Waals surface area contributed by atoms with Gasteiger partial charge in [0.1, 0.15) is 0 Å². The summed E-state index contributed by atoms with van der Waals surface area (Å²) in [6.07, 6.45) is 5.08. The van der Waals surface area contributed by atoms with Crippen molar-refractivity contribution in [3.05, 3.63) is 24.3 Å². The normalized spacial score (nSPS) is 19.9. The molecule has 0 radical (unpaired) electrons. The fourth-order valence-corrected chi connectivity index (χ4v) is 1.87. The molecular weight excluding hydrogens is 237 g/mol. The van der Waals surface area contributed by atoms with E-state index in [0.717, 1.165) is 32.1 Å². The Balaban J connectivity index is 1.86. The third-order valence-corrected chi connectivity index (χ3v) is 2.81. The minimum Gasteiger partial charge on any atom is -0.381 e. The van der Waals surface area contributed by atoms with Gasteiger partial charge in [-0.15, -0.1) is 0 Å². The summed E-state index contributed by atoms with van der Waals surface area (Å²) in [5, 5.41) is 5.29. The third-order valence-electron chi connectivity index (χ3n) is 2.81. The van der Waals surface area contributed by atoms with Crippen LogP contribution < -0.4 is 10.6 Å². The highest BCUT2D eigenvalue weighted by Gasteiger charge is 2.15. The summed E-state index contributed by atoms with van der Waals surface area (Å²) < 4.78 is 18.6. The van der Waals surface area contributed by atoms with Crippen LogP contribution in [0.5, 0.6) is 0 Å². The van der Waals surface area contributed by atoms with Gasteiger partial charge in [-0.05, 0) is 25.3 Å². The minimum atomic E-state index is -0.545. The van der Waals surface area contributed by atoms with Gasteiger partial charge in [-0.25, -0.2) is 9.18 Å². The number of carbonyl (C=O) groups is 1. The maximum absolute atomic E-state index is 13.3. The van der Waals surface area contributed by atoms with Gasteiger partial charge in [-0.3, -0.25) is 4.98 Å². The van der Waals surface area contributed by atoms with Gasteiger partial charge in [-0.2, -0.15) is 0 Å². The summed E-state index contributed by atoms with van der Waals surface area (Å²) in [6.45, 7) is 1.38. The molecule has 98 valence electrons. The molecule has 5 nitrogen and oxygen atoms in total. The number of urea groups is 1. The molecule has 1 aliphatic heterocycles. The van der Waals surface area contributed by atoms with E-state index in [9.17, 15) is 9.18 Å². The van der Waals surface area contributed by atoms with E-state index < -0.39 is 11.8 Å². The SMILES string of the molecule is O=C(Nc1ccncc1F)NC1CCCOCC1. The molecule has 0 aliphatic carbocycles. The molecule has 0 aromatic carbocycles. The van der Waals surface area contributed by atoms with Gasteiger partial charge in [-0.1, -0.05) is 0 Å². The number of anilines is 1. The molecule has 6 heteroatoms. The zero-order chi connectivity index (χ0) is 12.8. The van der Waals surface area contributed by atoms with Crippen molar-refractivity contribution in [3.8, 4) is 0 Å². The Hall–Kier alpha value is -1.69. The number of halogens is 1. The van der Waals surface area contributed by atoms with Gasteiger partial charge in [0.15, 0.2) is 5.82 Å². The summed E-state index contributed by atoms with van der Waals surface area (Å²) in [5.41, 5.74) is 0.132. The molecule has 2 rings (SSSR count). The molecule has 1 saturated heterocycles. The van der Waals surface area contributed by atoms with Crippen LogP contribution in [0.2, 0.25) is 0 Å². The van der Waals surface area contributed by atoms with Crippen LogP contribution in [0.3, 0.4) is 0 Å². The number of ether oxygens (including phenoxy) is 1. The van der Waals surface area contributed by atoms with Gasteiger partial charge < -0.3 is 15.4 Å². The molecule has 1 aromatic rings. The Kier molecular flexibility index (Phi) is 4.46. The second-order valence-electron chi connectivity index (χ2n) is 4.19. The largest absolute Gasteiger partial charge is 0.381 e. The van der Waals surface area contributed by atoms with Gasteiger partial charge >= 0.3 is 6.03 Å². The summed E-state index contributed by atoms with van der Waals surface area (Å²) in [4.78, 5) is 15.3. The van der Waals surface area contributed by atoms with Gasteiger partial charge in [0.25, 0.3) is 0 Å². The lowest BCUT2D eigenvalue weighted by Gasteiger charge is -2.16. The lowest BCUT2D eigenvalue weighted by atomic mass is 10.1. The topological polar surface area (TPSA) is 63.2 Å². The van der Waals surface area contributed by atoms with Crippen LogP contribution in [0.1, 0.15) is 19.3 Å². The second kappa shape index (κ2) is 6.30. The van der Waals surface area contributed by atoms with Crippen LogP contribution in [0, 0.1) is 5.82 Å². The average Bonchev–Trinajstić information content (AvgIpc) is 2.61. The molecule has 2 N–H and O–H groups in total. The molecule has 1 aromatic heterocycles. The second-order valence-corrected chi connectivity index (χ2v) is 4.19. The smallest absolute Gasteiger partial charge is 0.319 e. The van der Waals surface area contributed by atoms with Gasteiger partial charge in [0.05, 0.1) is 11.9 Å². The molecule has 18 heavy (non-hydrogen) atoms. The zero-order valence-corrected chi connectivity index (χ0v) is 9.99. The minimum absolute atomic E-state index is 0.0809. The molecule has 2 heterocycles. The first-order chi connectivity index (χ1) is 8.75. The molecular formula is C12H16FN3O2. The van der Waals surface area contributed by atoms with Crippen LogP contribution in [0.25, 0.3) is 0 Å². The van der Waals surface area contributed by atoms with E-state index in [1.807, 2.05) is 0 Å². The number of hydrogen-bond acceptors (Lipinski definition) is 3. The number of nitrogens with one attached hydrogen (secondary N) is 2. The van der Waals surface area contributed by atoms with Crippen molar-refractivity contribution in [1.82, 2.24) is 10.3 Å². The van der Waals surface area contributed by atoms with E-state index >= 15 is 0 Å². The predicted octanol–water partition coefficient (Wildman–Crippen LogP) is 1.91. The van der Waals surface area contributed by atoms with E-state index in [1.54, 1.807) is 0 Å². The van der Waals surface area contributed by atoms with Gasteiger partial charge in [0.2, 0.25) is 0 Å². The molecule has 0 saturated carbocycles. The van der Waals surface area contributed by atoms with Crippen LogP contribution in [-0.4, -0.2) is 30.3 Å². The Morgan fingerprint density at radius 3 is 3.17 bits per heavy atom. The number of hydrogen-bond donors (Lipinski definition) is 2. The summed E-state index contributed by atoms with van der Waals surface area (Å²) in [7, 11) is 0. The first-order valence-corrected chi connectivity index (χ1v) is 6.00. The van der Waals surface area contributed by atoms with Crippen molar-refractivity contribution in [2.45, 2.75) is 25.3 Å². The highest BCUT2D eigenvalue weighted by molar-refractivity contribution is 5.89. The van der Waals surface area contributed by atoms with Gasteiger partial charge in [0, 0.05) is 25.5 Å². The fourth-order valence-electron chi connectivity index (χ4n) is 1.87. The number of carbonyl (C=O) groups excluding carboxylic acids is 1. The number of amides is 2. The number of pyridine rings is 1. The predicted molar refractivity (Wildman–Crippen MR) is 64.8 cm³/mol. The molecule has 1 aliphatic rings. The zero-order valence-electron chi connectivity index (χ0n) is 9.99. The Morgan fingerprint density at radius 2 is 2.33 bits per heavy atom. The monoisotopic (exact) mass is 253 g/mol. The average molecular weight is 253 g/mol. The van der Waals surface area contributed by atoms with E-state index in [1.165, 1.54) is 12.3 Å². The third kappa shape index (κ3) is 3.66. The lowest BCUT2D eigenvalue weighted by Crippen LogP contribution is -2.38. The molecule has 0 bridgehead atoms. The quantitative estimate of drug-likeness (QED) is 0.846. The maximum atomic E-state index is 13.3. The molecule has 1 unspecified atom stereocenters. The van der Waals surface area contributed by atoms with Crippen molar-refractivity contribution < 1.29 is 13.9 Å². The highest BCUT2D eigenvalue weighted by atomic mass is 19.1. The first kappa shape index (κ1) is 12.8. The summed E-state index contributed by atoms with van der Waals surface area (Å²) >= 11 is 0. The van der Waals surface area contributed by atoms with E-state index in [0.29, 0.717) is 6.61 Å². The molecule has 1 atom stereocenters. The van der Waals surface area contributed by atoms with E-state index in [2.05, 4.69) is 15.6 Å². The maximum Gasteiger partial charge on any atom is 0.319 e. The van der Waals surface area contributed by atoms with Crippen molar-refractivity contribution in [2.24, 2.45) is 0 Å². The Morgan fingerprint density at radius 1 is 1.44 bits per heavy atom. The van der Waals surface area contributed by atoms with Crippen LogP contribution in [0.15, 0.2) is 18.5 Å². The van der Waals surface area contributed by atoms with Crippen molar-refractivity contribution in [1.29, 1.82) is 0 Å². The lowest BCUT2D eigenvalue weighted by molar-refractivity contribution is 0.143. The van der Waals surface area contributed by atoms with Crippen molar-refractivity contribution >= 4 is 11.7 Å². The van der Waals surface area contributed by atoms with E-state index in [4.69, 9.17) is 4.74 Å². The van der Waals surface area contributed by atoms with Crippen LogP contribution >= 0.6 is 0 Å². The van der Waals surface area contributed by atoms with Crippen molar-refractivity contribution in [2.75, 3.05) is 18.5 Å². The number of rotatable bonds is 2. The van der Waals surface area contributed by atoms with Crippen LogP contribution in [-0.2, 0) is 4.74 Å². The number of nitrogens with zero attached hydrogens (tertiary/aromatic N) is 1. The summed E-state index contributed by atoms with van der Waals surface area (Å²) in [5.74, 6) is -0.545. The standard InChI is InChI=1S/C12H16FN3O2/c13-10-8-14-5-3-11(10)16-12(17)15-9-2-1-6-18-7-4-9/h3,5,8-9H,1-2,4,6-7H2,(H2,14,15,16,17). The molecule has 1 fully saturated rings. The Labute approximate surface area is 105 Å². The first-order valence-electron chi connectivity index (χ1n) is 6.00. The molecule has 0 spiro atoms. The highest BCUT2D eigenvalue weighted by Crippen LogP contribution is 2.12. The van der Waals surface area contributed by atoms with Crippen molar-refractivity contribution in [3.63, 3.8) is 0 Å². The van der Waals surface area contributed by atoms with Crippen LogP contribution in [0.4, 0.5) is 14.9 Å².